The maximum Gasteiger partial charge on any atom is 0.410 e. The van der Waals surface area contributed by atoms with Gasteiger partial charge in [-0.15, -0.1) is 0 Å². The van der Waals surface area contributed by atoms with Gasteiger partial charge in [-0.1, -0.05) is 17.7 Å². The molecule has 118 valence electrons. The van der Waals surface area contributed by atoms with Gasteiger partial charge in [0, 0.05) is 6.07 Å². The smallest absolute Gasteiger partial charge is 0.410 e. The molecule has 1 aromatic heterocycles. The zero-order chi connectivity index (χ0) is 16.3. The fourth-order valence-electron chi connectivity index (χ4n) is 1.93. The molecular formula is C15H17F2N3O2. The Morgan fingerprint density at radius 3 is 2.41 bits per heavy atom. The third kappa shape index (κ3) is 3.08. The molecule has 0 aliphatic rings. The zero-order valence-corrected chi connectivity index (χ0v) is 12.3. The summed E-state index contributed by atoms with van der Waals surface area (Å²) in [5.41, 5.74) is 0.383. The summed E-state index contributed by atoms with van der Waals surface area (Å²) in [6.07, 6.45) is -1.28. The van der Waals surface area contributed by atoms with E-state index in [0.717, 1.165) is 5.56 Å². The lowest BCUT2D eigenvalue weighted by Crippen LogP contribution is -2.28. The molecule has 0 radical (unpaired) electrons. The minimum absolute atomic E-state index is 0.138. The number of amides is 1. The highest BCUT2D eigenvalue weighted by Crippen LogP contribution is 2.28. The summed E-state index contributed by atoms with van der Waals surface area (Å²) in [5.74, 6) is 0.138. The van der Waals surface area contributed by atoms with Gasteiger partial charge in [0.25, 0.3) is 0 Å². The van der Waals surface area contributed by atoms with Gasteiger partial charge in [0.15, 0.2) is 0 Å². The molecule has 0 atom stereocenters. The Morgan fingerprint density at radius 2 is 1.91 bits per heavy atom. The van der Waals surface area contributed by atoms with Crippen LogP contribution in [0.2, 0.25) is 0 Å². The lowest BCUT2D eigenvalue weighted by atomic mass is 9.90. The van der Waals surface area contributed by atoms with Gasteiger partial charge >= 0.3 is 6.09 Å². The fraction of sp³-hybridized carbons (Fsp3) is 0.333. The summed E-state index contributed by atoms with van der Waals surface area (Å²) in [6, 6.07) is 8.53. The van der Waals surface area contributed by atoms with Gasteiger partial charge in [-0.25, -0.2) is 18.3 Å². The maximum absolute atomic E-state index is 13.2. The second-order valence-electron chi connectivity index (χ2n) is 5.42. The summed E-state index contributed by atoms with van der Waals surface area (Å²) < 4.78 is 27.6. The third-order valence-corrected chi connectivity index (χ3v) is 3.43. The first-order valence-corrected chi connectivity index (χ1v) is 6.69. The van der Waals surface area contributed by atoms with Crippen molar-refractivity contribution in [3.05, 3.63) is 41.6 Å². The van der Waals surface area contributed by atoms with Crippen molar-refractivity contribution in [3.8, 4) is 5.69 Å². The Labute approximate surface area is 126 Å². The number of halogens is 2. The molecule has 1 heterocycles. The quantitative estimate of drug-likeness (QED) is 0.888. The fourth-order valence-corrected chi connectivity index (χ4v) is 1.93. The molecule has 0 aliphatic carbocycles. The van der Waals surface area contributed by atoms with E-state index in [1.165, 1.54) is 17.7 Å². The highest BCUT2D eigenvalue weighted by Gasteiger charge is 2.31. The summed E-state index contributed by atoms with van der Waals surface area (Å²) in [4.78, 5) is 10.9. The molecule has 0 aliphatic heterocycles. The average molecular weight is 309 g/mol. The minimum atomic E-state index is -1.40. The van der Waals surface area contributed by atoms with E-state index in [1.807, 2.05) is 19.1 Å². The Bertz CT molecular complexity index is 664. The van der Waals surface area contributed by atoms with Gasteiger partial charge in [-0.2, -0.15) is 5.10 Å². The molecule has 0 unspecified atom stereocenters. The third-order valence-electron chi connectivity index (χ3n) is 3.43. The van der Waals surface area contributed by atoms with E-state index in [2.05, 4.69) is 10.4 Å². The molecule has 2 N–H and O–H groups in total. The SMILES string of the molecule is Cc1ccc(-n2nc(C(C)(CF)CF)cc2NC(=O)O)cc1. The monoisotopic (exact) mass is 309 g/mol. The van der Waals surface area contributed by atoms with Gasteiger partial charge in [0.2, 0.25) is 0 Å². The number of hydrogen-bond acceptors (Lipinski definition) is 2. The molecule has 0 saturated carbocycles. The standard InChI is InChI=1S/C15H17F2N3O2/c1-10-3-5-11(6-4-10)20-13(18-14(21)22)7-12(19-20)15(2,8-16)9-17/h3-7,18H,8-9H2,1-2H3,(H,21,22). The molecule has 0 spiro atoms. The van der Waals surface area contributed by atoms with E-state index in [4.69, 9.17) is 5.11 Å². The van der Waals surface area contributed by atoms with Crippen molar-refractivity contribution in [1.29, 1.82) is 0 Å². The molecule has 0 fully saturated rings. The Hall–Kier alpha value is -2.44. The van der Waals surface area contributed by atoms with Crippen molar-refractivity contribution in [2.45, 2.75) is 19.3 Å². The van der Waals surface area contributed by atoms with Crippen molar-refractivity contribution >= 4 is 11.9 Å². The van der Waals surface area contributed by atoms with E-state index in [0.29, 0.717) is 5.69 Å². The second kappa shape index (κ2) is 6.13. The number of hydrogen-bond donors (Lipinski definition) is 2. The molecule has 7 heteroatoms. The van der Waals surface area contributed by atoms with E-state index in [1.54, 1.807) is 12.1 Å². The number of aryl methyl sites for hydroxylation is 1. The zero-order valence-electron chi connectivity index (χ0n) is 12.3. The van der Waals surface area contributed by atoms with Crippen LogP contribution in [0.25, 0.3) is 5.69 Å². The summed E-state index contributed by atoms with van der Waals surface area (Å²) in [7, 11) is 0. The lowest BCUT2D eigenvalue weighted by Gasteiger charge is -2.19. The van der Waals surface area contributed by atoms with E-state index in [-0.39, 0.29) is 11.5 Å². The number of benzene rings is 1. The first-order chi connectivity index (χ1) is 10.4. The molecule has 2 rings (SSSR count). The van der Waals surface area contributed by atoms with E-state index >= 15 is 0 Å². The normalized spacial score (nSPS) is 11.5. The minimum Gasteiger partial charge on any atom is -0.465 e. The lowest BCUT2D eigenvalue weighted by molar-refractivity contribution is 0.209. The number of rotatable bonds is 5. The Kier molecular flexibility index (Phi) is 4.44. The first-order valence-electron chi connectivity index (χ1n) is 6.69. The number of carbonyl (C=O) groups is 1. The maximum atomic E-state index is 13.2. The van der Waals surface area contributed by atoms with Crippen molar-refractivity contribution in [2.75, 3.05) is 18.7 Å². The van der Waals surface area contributed by atoms with Gasteiger partial charge in [-0.3, -0.25) is 5.32 Å². The molecule has 0 saturated heterocycles. The highest BCUT2D eigenvalue weighted by molar-refractivity contribution is 5.82. The molecule has 1 aromatic carbocycles. The van der Waals surface area contributed by atoms with Crippen LogP contribution in [0.15, 0.2) is 30.3 Å². The summed E-state index contributed by atoms with van der Waals surface area (Å²) >= 11 is 0. The van der Waals surface area contributed by atoms with Crippen molar-refractivity contribution in [1.82, 2.24) is 9.78 Å². The van der Waals surface area contributed by atoms with Crippen molar-refractivity contribution in [3.63, 3.8) is 0 Å². The number of nitrogens with one attached hydrogen (secondary N) is 1. The predicted octanol–water partition coefficient (Wildman–Crippen LogP) is 3.47. The van der Waals surface area contributed by atoms with Gasteiger partial charge in [0.05, 0.1) is 16.8 Å². The number of alkyl halides is 2. The van der Waals surface area contributed by atoms with Crippen LogP contribution in [0.1, 0.15) is 18.2 Å². The number of aromatic nitrogens is 2. The number of carboxylic acid groups (broad SMARTS) is 1. The number of nitrogens with zero attached hydrogens (tertiary/aromatic N) is 2. The van der Waals surface area contributed by atoms with Crippen LogP contribution in [-0.4, -0.2) is 34.3 Å². The van der Waals surface area contributed by atoms with E-state index < -0.39 is 24.9 Å². The first kappa shape index (κ1) is 15.9. The van der Waals surface area contributed by atoms with Crippen LogP contribution in [0.4, 0.5) is 19.4 Å². The van der Waals surface area contributed by atoms with Gasteiger partial charge in [-0.05, 0) is 26.0 Å². The molecular weight excluding hydrogens is 292 g/mol. The van der Waals surface area contributed by atoms with Crippen LogP contribution < -0.4 is 5.32 Å². The molecule has 0 bridgehead atoms. The van der Waals surface area contributed by atoms with Crippen molar-refractivity contribution < 1.29 is 18.7 Å². The molecule has 22 heavy (non-hydrogen) atoms. The van der Waals surface area contributed by atoms with Crippen LogP contribution >= 0.6 is 0 Å². The molecule has 2 aromatic rings. The van der Waals surface area contributed by atoms with Crippen LogP contribution in [-0.2, 0) is 5.41 Å². The molecule has 5 nitrogen and oxygen atoms in total. The Balaban J connectivity index is 2.53. The highest BCUT2D eigenvalue weighted by atomic mass is 19.1. The summed E-state index contributed by atoms with van der Waals surface area (Å²) in [5, 5.41) is 15.3. The van der Waals surface area contributed by atoms with Crippen LogP contribution in [0, 0.1) is 6.92 Å². The average Bonchev–Trinajstić information content (AvgIpc) is 2.91. The second-order valence-corrected chi connectivity index (χ2v) is 5.42. The summed E-state index contributed by atoms with van der Waals surface area (Å²) in [6.45, 7) is 1.46. The van der Waals surface area contributed by atoms with Crippen LogP contribution in [0.5, 0.6) is 0 Å². The topological polar surface area (TPSA) is 67.2 Å². The Morgan fingerprint density at radius 1 is 1.32 bits per heavy atom. The van der Waals surface area contributed by atoms with Crippen molar-refractivity contribution in [2.24, 2.45) is 0 Å². The predicted molar refractivity (Wildman–Crippen MR) is 79.3 cm³/mol. The van der Waals surface area contributed by atoms with Crippen LogP contribution in [0.3, 0.4) is 0 Å². The largest absolute Gasteiger partial charge is 0.465 e. The van der Waals surface area contributed by atoms with E-state index in [9.17, 15) is 13.6 Å². The number of anilines is 1. The van der Waals surface area contributed by atoms with Gasteiger partial charge in [0.1, 0.15) is 19.2 Å². The van der Waals surface area contributed by atoms with Gasteiger partial charge < -0.3 is 5.11 Å². The molecule has 1 amide bonds.